The molecule has 0 saturated carbocycles. The van der Waals surface area contributed by atoms with E-state index < -0.39 is 5.97 Å². The van der Waals surface area contributed by atoms with Gasteiger partial charge in [-0.15, -0.1) is 0 Å². The van der Waals surface area contributed by atoms with E-state index in [1.54, 1.807) is 23.1 Å². The zero-order chi connectivity index (χ0) is 13.1. The zero-order valence-electron chi connectivity index (χ0n) is 10.1. The van der Waals surface area contributed by atoms with Crippen molar-refractivity contribution in [1.29, 1.82) is 0 Å². The molecule has 0 aliphatic rings. The van der Waals surface area contributed by atoms with Gasteiger partial charge >= 0.3 is 5.97 Å². The first kappa shape index (κ1) is 12.0. The minimum atomic E-state index is -0.596. The quantitative estimate of drug-likeness (QED) is 0.797. The van der Waals surface area contributed by atoms with Crippen LogP contribution in [0.15, 0.2) is 18.5 Å². The molecular weight excluding hydrogens is 234 g/mol. The third kappa shape index (κ3) is 2.02. The number of methoxy groups -OCH3 is 1. The maximum atomic E-state index is 11.5. The van der Waals surface area contributed by atoms with E-state index in [1.807, 2.05) is 6.92 Å². The number of hydrogen-bond donors (Lipinski definition) is 1. The number of nitrogen functional groups attached to an aromatic ring is 1. The van der Waals surface area contributed by atoms with Crippen LogP contribution in [0.2, 0.25) is 0 Å². The van der Waals surface area contributed by atoms with Crippen molar-refractivity contribution in [3.63, 3.8) is 0 Å². The summed E-state index contributed by atoms with van der Waals surface area (Å²) in [6, 6.07) is 1.77. The fourth-order valence-corrected chi connectivity index (χ4v) is 1.54. The van der Waals surface area contributed by atoms with Gasteiger partial charge in [-0.3, -0.25) is 0 Å². The number of hydrogen-bond acceptors (Lipinski definition) is 6. The van der Waals surface area contributed by atoms with E-state index in [9.17, 15) is 4.79 Å². The maximum absolute atomic E-state index is 11.5. The van der Waals surface area contributed by atoms with Gasteiger partial charge in [0, 0.05) is 12.4 Å². The summed E-state index contributed by atoms with van der Waals surface area (Å²) in [5.41, 5.74) is 6.38. The van der Waals surface area contributed by atoms with Gasteiger partial charge in [0.05, 0.1) is 12.8 Å². The molecule has 0 fully saturated rings. The third-order valence-corrected chi connectivity index (χ3v) is 2.41. The minimum Gasteiger partial charge on any atom is -0.464 e. The molecule has 2 aromatic heterocycles. The molecule has 7 nitrogen and oxygen atoms in total. The Hall–Kier alpha value is -2.44. The first-order chi connectivity index (χ1) is 8.67. The summed E-state index contributed by atoms with van der Waals surface area (Å²) in [7, 11) is 1.27. The summed E-state index contributed by atoms with van der Waals surface area (Å²) in [4.78, 5) is 19.8. The summed E-state index contributed by atoms with van der Waals surface area (Å²) in [6.07, 6.45) is 3.97. The first-order valence-corrected chi connectivity index (χ1v) is 5.42. The Morgan fingerprint density at radius 1 is 1.50 bits per heavy atom. The van der Waals surface area contributed by atoms with Crippen LogP contribution < -0.4 is 5.73 Å². The summed E-state index contributed by atoms with van der Waals surface area (Å²) in [5, 5.41) is 4.07. The number of carbonyl (C=O) groups excluding carboxylic acids is 1. The molecule has 94 valence electrons. The largest absolute Gasteiger partial charge is 0.464 e. The van der Waals surface area contributed by atoms with Crippen LogP contribution in [0.25, 0.3) is 5.82 Å². The molecule has 0 aliphatic heterocycles. The highest BCUT2D eigenvalue weighted by Gasteiger charge is 2.18. The summed E-state index contributed by atoms with van der Waals surface area (Å²) in [6.45, 7) is 1.91. The van der Waals surface area contributed by atoms with E-state index in [0.717, 1.165) is 0 Å². The van der Waals surface area contributed by atoms with Crippen LogP contribution in [-0.2, 0) is 11.2 Å². The van der Waals surface area contributed by atoms with Crippen LogP contribution >= 0.6 is 0 Å². The summed E-state index contributed by atoms with van der Waals surface area (Å²) in [5.74, 6) is -0.0427. The summed E-state index contributed by atoms with van der Waals surface area (Å²) >= 11 is 0. The standard InChI is InChI=1S/C11H13N5O2/c1-3-7-10(16-6-4-5-13-16)15-9(12)8(14-7)11(17)18-2/h4-6H,3H2,1-2H3,(H2,12,15). The molecule has 0 aliphatic carbocycles. The molecular formula is C11H13N5O2. The van der Waals surface area contributed by atoms with E-state index in [2.05, 4.69) is 19.8 Å². The van der Waals surface area contributed by atoms with E-state index in [4.69, 9.17) is 5.73 Å². The van der Waals surface area contributed by atoms with Crippen LogP contribution in [0, 0.1) is 0 Å². The van der Waals surface area contributed by atoms with Gasteiger partial charge in [0.15, 0.2) is 17.3 Å². The average Bonchev–Trinajstić information content (AvgIpc) is 2.91. The zero-order valence-corrected chi connectivity index (χ0v) is 10.1. The van der Waals surface area contributed by atoms with Crippen molar-refractivity contribution in [2.24, 2.45) is 0 Å². The normalized spacial score (nSPS) is 10.3. The van der Waals surface area contributed by atoms with Gasteiger partial charge in [-0.25, -0.2) is 19.4 Å². The van der Waals surface area contributed by atoms with Crippen LogP contribution in [0.3, 0.4) is 0 Å². The average molecular weight is 247 g/mol. The molecule has 2 heterocycles. The molecule has 0 bridgehead atoms. The van der Waals surface area contributed by atoms with Crippen LogP contribution in [0.4, 0.5) is 5.82 Å². The van der Waals surface area contributed by atoms with Crippen LogP contribution in [-0.4, -0.2) is 32.8 Å². The number of nitrogens with zero attached hydrogens (tertiary/aromatic N) is 4. The second-order valence-electron chi connectivity index (χ2n) is 3.52. The van der Waals surface area contributed by atoms with Crippen molar-refractivity contribution in [2.75, 3.05) is 12.8 Å². The predicted octanol–water partition coefficient (Wildman–Crippen LogP) is 0.594. The molecule has 2 aromatic rings. The van der Waals surface area contributed by atoms with Gasteiger partial charge in [-0.1, -0.05) is 6.92 Å². The number of carbonyl (C=O) groups is 1. The number of nitrogens with two attached hydrogens (primary N) is 1. The highest BCUT2D eigenvalue weighted by atomic mass is 16.5. The Morgan fingerprint density at radius 3 is 2.83 bits per heavy atom. The number of rotatable bonds is 3. The molecule has 0 radical (unpaired) electrons. The lowest BCUT2D eigenvalue weighted by molar-refractivity contribution is 0.0594. The molecule has 0 atom stereocenters. The molecule has 0 aromatic carbocycles. The van der Waals surface area contributed by atoms with Crippen LogP contribution in [0.5, 0.6) is 0 Å². The van der Waals surface area contributed by atoms with Crippen molar-refractivity contribution in [3.8, 4) is 5.82 Å². The lowest BCUT2D eigenvalue weighted by Gasteiger charge is -2.09. The van der Waals surface area contributed by atoms with Gasteiger partial charge < -0.3 is 10.5 Å². The summed E-state index contributed by atoms with van der Waals surface area (Å²) < 4.78 is 6.16. The number of aromatic nitrogens is 4. The fourth-order valence-electron chi connectivity index (χ4n) is 1.54. The Labute approximate surface area is 104 Å². The van der Waals surface area contributed by atoms with Crippen molar-refractivity contribution < 1.29 is 9.53 Å². The van der Waals surface area contributed by atoms with Crippen molar-refractivity contribution in [2.45, 2.75) is 13.3 Å². The maximum Gasteiger partial charge on any atom is 0.360 e. The smallest absolute Gasteiger partial charge is 0.360 e. The van der Waals surface area contributed by atoms with E-state index in [0.29, 0.717) is 17.9 Å². The lowest BCUT2D eigenvalue weighted by Crippen LogP contribution is -2.15. The van der Waals surface area contributed by atoms with Gasteiger partial charge in [0.1, 0.15) is 0 Å². The van der Waals surface area contributed by atoms with Crippen molar-refractivity contribution >= 4 is 11.8 Å². The van der Waals surface area contributed by atoms with E-state index >= 15 is 0 Å². The number of esters is 1. The lowest BCUT2D eigenvalue weighted by atomic mass is 10.3. The van der Waals surface area contributed by atoms with Gasteiger partial charge in [-0.2, -0.15) is 5.10 Å². The van der Waals surface area contributed by atoms with Gasteiger partial charge in [0.2, 0.25) is 0 Å². The highest BCUT2D eigenvalue weighted by Crippen LogP contribution is 2.15. The van der Waals surface area contributed by atoms with Gasteiger partial charge in [0.25, 0.3) is 0 Å². The fraction of sp³-hybridized carbons (Fsp3) is 0.273. The molecule has 0 amide bonds. The predicted molar refractivity (Wildman–Crippen MR) is 64.3 cm³/mol. The number of anilines is 1. The van der Waals surface area contributed by atoms with Crippen LogP contribution in [0.1, 0.15) is 23.1 Å². The van der Waals surface area contributed by atoms with E-state index in [-0.39, 0.29) is 11.5 Å². The van der Waals surface area contributed by atoms with Crippen molar-refractivity contribution in [1.82, 2.24) is 19.7 Å². The molecule has 7 heteroatoms. The Morgan fingerprint density at radius 2 is 2.28 bits per heavy atom. The Bertz CT molecular complexity index is 565. The number of ether oxygens (including phenoxy) is 1. The van der Waals surface area contributed by atoms with E-state index in [1.165, 1.54) is 7.11 Å². The molecule has 18 heavy (non-hydrogen) atoms. The third-order valence-electron chi connectivity index (χ3n) is 2.41. The SMILES string of the molecule is CCc1nc(C(=O)OC)c(N)nc1-n1cccn1. The Kier molecular flexibility index (Phi) is 3.22. The molecule has 0 saturated heterocycles. The minimum absolute atomic E-state index is 0.0320. The second kappa shape index (κ2) is 4.82. The number of aryl methyl sites for hydroxylation is 1. The molecule has 2 N–H and O–H groups in total. The first-order valence-electron chi connectivity index (χ1n) is 5.42. The topological polar surface area (TPSA) is 95.9 Å². The van der Waals surface area contributed by atoms with Crippen molar-refractivity contribution in [3.05, 3.63) is 29.8 Å². The van der Waals surface area contributed by atoms with Gasteiger partial charge in [-0.05, 0) is 12.5 Å². The highest BCUT2D eigenvalue weighted by molar-refractivity contribution is 5.92. The molecule has 0 unspecified atom stereocenters. The second-order valence-corrected chi connectivity index (χ2v) is 3.52. The molecule has 0 spiro atoms. The Balaban J connectivity index is 2.57. The molecule has 2 rings (SSSR count). The monoisotopic (exact) mass is 247 g/mol.